The van der Waals surface area contributed by atoms with E-state index in [-0.39, 0.29) is 0 Å². The molecule has 0 heterocycles. The predicted molar refractivity (Wildman–Crippen MR) is 65.3 cm³/mol. The summed E-state index contributed by atoms with van der Waals surface area (Å²) in [7, 11) is 2.57. The Morgan fingerprint density at radius 2 is 1.50 bits per heavy atom. The van der Waals surface area contributed by atoms with Crippen molar-refractivity contribution in [2.24, 2.45) is 5.73 Å². The zero-order valence-corrected chi connectivity index (χ0v) is 11.7. The van der Waals surface area contributed by atoms with Crippen LogP contribution < -0.4 is 5.73 Å². The predicted octanol–water partition coefficient (Wildman–Crippen LogP) is 1.01. The first kappa shape index (κ1) is 16.0. The van der Waals surface area contributed by atoms with Crippen molar-refractivity contribution in [3.63, 3.8) is 0 Å². The number of hydrogen-bond acceptors (Lipinski definition) is 5. The number of hydrogen-bond donors (Lipinski definition) is 1. The van der Waals surface area contributed by atoms with Gasteiger partial charge in [0, 0.05) is 40.5 Å². The van der Waals surface area contributed by atoms with Crippen LogP contribution in [0.15, 0.2) is 0 Å². The van der Waals surface area contributed by atoms with E-state index < -0.39 is 8.80 Å². The number of ether oxygens (including phenoxy) is 1. The third kappa shape index (κ3) is 6.57. The quantitative estimate of drug-likeness (QED) is 0.438. The van der Waals surface area contributed by atoms with Crippen LogP contribution in [0.25, 0.3) is 0 Å². The van der Waals surface area contributed by atoms with Gasteiger partial charge >= 0.3 is 8.80 Å². The van der Waals surface area contributed by atoms with E-state index in [2.05, 4.69) is 0 Å². The molecule has 0 aliphatic rings. The second-order valence-electron chi connectivity index (χ2n) is 3.51. The summed E-state index contributed by atoms with van der Waals surface area (Å²) in [6.07, 6.45) is 3.17. The average molecular weight is 251 g/mol. The molecule has 98 valence electrons. The summed E-state index contributed by atoms with van der Waals surface area (Å²) in [4.78, 5) is 0. The lowest BCUT2D eigenvalue weighted by Crippen LogP contribution is -2.42. The maximum Gasteiger partial charge on any atom is 0.500 e. The van der Waals surface area contributed by atoms with Gasteiger partial charge in [-0.05, 0) is 12.8 Å². The fraction of sp³-hybridized carbons (Fsp3) is 1.00. The van der Waals surface area contributed by atoms with Gasteiger partial charge in [0.2, 0.25) is 0 Å². The molecule has 0 amide bonds. The fourth-order valence-electron chi connectivity index (χ4n) is 1.46. The SMILES string of the molecule is CO[Si](CCCCCOCCN)(OC)OC. The molecule has 0 spiro atoms. The summed E-state index contributed by atoms with van der Waals surface area (Å²) in [5.41, 5.74) is 5.31. The molecule has 0 aromatic rings. The highest BCUT2D eigenvalue weighted by Gasteiger charge is 2.36. The van der Waals surface area contributed by atoms with Gasteiger partial charge in [-0.3, -0.25) is 0 Å². The van der Waals surface area contributed by atoms with E-state index >= 15 is 0 Å². The summed E-state index contributed by atoms with van der Waals surface area (Å²) in [6.45, 7) is 2.01. The Labute approximate surface area is 99.6 Å². The molecule has 0 saturated heterocycles. The number of rotatable bonds is 11. The normalized spacial score (nSPS) is 12.0. The van der Waals surface area contributed by atoms with Gasteiger partial charge in [-0.15, -0.1) is 0 Å². The van der Waals surface area contributed by atoms with Crippen LogP contribution in [0.1, 0.15) is 19.3 Å². The Bertz CT molecular complexity index is 147. The van der Waals surface area contributed by atoms with Crippen molar-refractivity contribution in [2.45, 2.75) is 25.3 Å². The average Bonchev–Trinajstić information content (AvgIpc) is 2.34. The van der Waals surface area contributed by atoms with Crippen LogP contribution in [0, 0.1) is 0 Å². The van der Waals surface area contributed by atoms with Crippen LogP contribution in [-0.4, -0.2) is 49.9 Å². The van der Waals surface area contributed by atoms with E-state index in [1.807, 2.05) is 0 Å². The van der Waals surface area contributed by atoms with Crippen molar-refractivity contribution >= 4 is 8.80 Å². The zero-order valence-electron chi connectivity index (χ0n) is 10.7. The minimum absolute atomic E-state index is 0.590. The first-order valence-electron chi connectivity index (χ1n) is 5.68. The standard InChI is InChI=1S/C10H25NO4Si/c1-12-16(13-2,14-3)10-6-4-5-8-15-9-7-11/h4-11H2,1-3H3. The molecule has 0 aromatic heterocycles. The van der Waals surface area contributed by atoms with Crippen molar-refractivity contribution in [1.82, 2.24) is 0 Å². The van der Waals surface area contributed by atoms with Crippen molar-refractivity contribution in [3.05, 3.63) is 0 Å². The Morgan fingerprint density at radius 1 is 0.875 bits per heavy atom. The molecule has 0 radical (unpaired) electrons. The second kappa shape index (κ2) is 10.2. The minimum Gasteiger partial charge on any atom is -0.380 e. The molecule has 0 rings (SSSR count). The molecule has 0 aromatic carbocycles. The summed E-state index contributed by atoms with van der Waals surface area (Å²) in [5, 5.41) is 0. The highest BCUT2D eigenvalue weighted by Crippen LogP contribution is 2.16. The van der Waals surface area contributed by atoms with Gasteiger partial charge in [-0.25, -0.2) is 0 Å². The second-order valence-corrected chi connectivity index (χ2v) is 6.60. The lowest BCUT2D eigenvalue weighted by Gasteiger charge is -2.24. The molecule has 0 fully saturated rings. The van der Waals surface area contributed by atoms with Gasteiger partial charge in [0.25, 0.3) is 0 Å². The van der Waals surface area contributed by atoms with Gasteiger partial charge in [0.1, 0.15) is 0 Å². The van der Waals surface area contributed by atoms with Crippen molar-refractivity contribution in [2.75, 3.05) is 41.1 Å². The molecular formula is C10H25NO4Si. The summed E-state index contributed by atoms with van der Waals surface area (Å²) < 4.78 is 21.3. The van der Waals surface area contributed by atoms with E-state index in [4.69, 9.17) is 23.7 Å². The van der Waals surface area contributed by atoms with E-state index in [1.54, 1.807) is 21.3 Å². The smallest absolute Gasteiger partial charge is 0.380 e. The highest BCUT2D eigenvalue weighted by atomic mass is 28.4. The van der Waals surface area contributed by atoms with E-state index in [9.17, 15) is 0 Å². The Hall–Kier alpha value is 0.0169. The summed E-state index contributed by atoms with van der Waals surface area (Å²) in [6, 6.07) is 0.855. The maximum atomic E-state index is 5.33. The van der Waals surface area contributed by atoms with Gasteiger partial charge in [-0.2, -0.15) is 0 Å². The van der Waals surface area contributed by atoms with Gasteiger partial charge in [0.05, 0.1) is 6.61 Å². The molecule has 0 saturated carbocycles. The van der Waals surface area contributed by atoms with Crippen LogP contribution in [-0.2, 0) is 18.0 Å². The van der Waals surface area contributed by atoms with Gasteiger partial charge < -0.3 is 23.7 Å². The van der Waals surface area contributed by atoms with E-state index in [0.29, 0.717) is 13.2 Å². The van der Waals surface area contributed by atoms with Crippen molar-refractivity contribution < 1.29 is 18.0 Å². The van der Waals surface area contributed by atoms with Crippen molar-refractivity contribution in [3.8, 4) is 0 Å². The molecule has 0 aliphatic carbocycles. The lowest BCUT2D eigenvalue weighted by molar-refractivity contribution is 0.120. The molecule has 0 bridgehead atoms. The molecular weight excluding hydrogens is 226 g/mol. The Morgan fingerprint density at radius 3 is 2.00 bits per heavy atom. The molecule has 16 heavy (non-hydrogen) atoms. The molecule has 0 atom stereocenters. The van der Waals surface area contributed by atoms with Crippen LogP contribution in [0.3, 0.4) is 0 Å². The molecule has 5 nitrogen and oxygen atoms in total. The van der Waals surface area contributed by atoms with Gasteiger partial charge in [-0.1, -0.05) is 6.42 Å². The summed E-state index contributed by atoms with van der Waals surface area (Å²) >= 11 is 0. The molecule has 6 heteroatoms. The monoisotopic (exact) mass is 251 g/mol. The Kier molecular flexibility index (Phi) is 10.2. The topological polar surface area (TPSA) is 62.9 Å². The van der Waals surface area contributed by atoms with Crippen LogP contribution in [0.5, 0.6) is 0 Å². The third-order valence-electron chi connectivity index (χ3n) is 2.47. The van der Waals surface area contributed by atoms with Crippen LogP contribution in [0.2, 0.25) is 6.04 Å². The molecule has 0 unspecified atom stereocenters. The first-order valence-corrected chi connectivity index (χ1v) is 7.61. The minimum atomic E-state index is -2.35. The molecule has 2 N–H and O–H groups in total. The lowest BCUT2D eigenvalue weighted by atomic mass is 10.3. The van der Waals surface area contributed by atoms with E-state index in [1.165, 1.54) is 0 Å². The zero-order chi connectivity index (χ0) is 12.3. The third-order valence-corrected chi connectivity index (χ3v) is 5.30. The molecule has 0 aliphatic heterocycles. The Balaban J connectivity index is 3.48. The van der Waals surface area contributed by atoms with E-state index in [0.717, 1.165) is 31.9 Å². The number of unbranched alkanes of at least 4 members (excludes halogenated alkanes) is 2. The largest absolute Gasteiger partial charge is 0.500 e. The van der Waals surface area contributed by atoms with Gasteiger partial charge in [0.15, 0.2) is 0 Å². The van der Waals surface area contributed by atoms with Crippen molar-refractivity contribution in [1.29, 1.82) is 0 Å². The van der Waals surface area contributed by atoms with Crippen LogP contribution in [0.4, 0.5) is 0 Å². The summed E-state index contributed by atoms with van der Waals surface area (Å²) in [5.74, 6) is 0. The number of nitrogens with two attached hydrogens (primary N) is 1. The maximum absolute atomic E-state index is 5.33. The highest BCUT2D eigenvalue weighted by molar-refractivity contribution is 6.60. The van der Waals surface area contributed by atoms with Crippen LogP contribution >= 0.6 is 0 Å². The first-order chi connectivity index (χ1) is 7.74. The fourth-order valence-corrected chi connectivity index (χ4v) is 3.26.